The molecule has 0 saturated heterocycles. The molecule has 0 radical (unpaired) electrons. The predicted octanol–water partition coefficient (Wildman–Crippen LogP) is 3.59. The van der Waals surface area contributed by atoms with E-state index < -0.39 is 0 Å². The third-order valence-corrected chi connectivity index (χ3v) is 4.78. The van der Waals surface area contributed by atoms with Gasteiger partial charge in [-0.05, 0) is 37.3 Å². The van der Waals surface area contributed by atoms with Gasteiger partial charge in [-0.2, -0.15) is 5.10 Å². The smallest absolute Gasteiger partial charge is 0.257 e. The Bertz CT molecular complexity index is 1020. The lowest BCUT2D eigenvalue weighted by Gasteiger charge is -2.17. The van der Waals surface area contributed by atoms with Gasteiger partial charge in [0.25, 0.3) is 5.91 Å². The van der Waals surface area contributed by atoms with Crippen LogP contribution < -0.4 is 5.32 Å². The first-order chi connectivity index (χ1) is 13.4. The number of hydrogen-bond acceptors (Lipinski definition) is 4. The average Bonchev–Trinajstić information content (AvgIpc) is 3.06. The van der Waals surface area contributed by atoms with Crippen molar-refractivity contribution >= 4 is 40.7 Å². The van der Waals surface area contributed by atoms with E-state index in [9.17, 15) is 9.59 Å². The molecule has 0 saturated carbocycles. The summed E-state index contributed by atoms with van der Waals surface area (Å²) in [5, 5.41) is 7.65. The average molecular weight is 418 g/mol. The van der Waals surface area contributed by atoms with Gasteiger partial charge in [-0.25, -0.2) is 9.67 Å². The molecule has 9 heteroatoms. The van der Waals surface area contributed by atoms with Gasteiger partial charge < -0.3 is 10.2 Å². The van der Waals surface area contributed by atoms with Crippen molar-refractivity contribution in [2.24, 2.45) is 0 Å². The van der Waals surface area contributed by atoms with E-state index in [1.165, 1.54) is 11.1 Å². The summed E-state index contributed by atoms with van der Waals surface area (Å²) < 4.78 is 1.58. The van der Waals surface area contributed by atoms with Crippen LogP contribution >= 0.6 is 23.2 Å². The number of carbonyl (C=O) groups excluding carboxylic acids is 2. The summed E-state index contributed by atoms with van der Waals surface area (Å²) >= 11 is 11.8. The zero-order valence-electron chi connectivity index (χ0n) is 15.2. The van der Waals surface area contributed by atoms with Crippen molar-refractivity contribution in [3.8, 4) is 5.82 Å². The summed E-state index contributed by atoms with van der Waals surface area (Å²) in [6.07, 6.45) is 3.12. The zero-order chi connectivity index (χ0) is 20.3. The van der Waals surface area contributed by atoms with Gasteiger partial charge in [0, 0.05) is 18.9 Å². The second-order valence-corrected chi connectivity index (χ2v) is 6.90. The van der Waals surface area contributed by atoms with Crippen molar-refractivity contribution in [3.05, 3.63) is 70.1 Å². The number of likely N-dealkylation sites (N-methyl/N-ethyl adjacent to an activating group) is 1. The number of halogens is 2. The fourth-order valence-corrected chi connectivity index (χ4v) is 2.89. The lowest BCUT2D eigenvalue weighted by Crippen LogP contribution is -2.35. The number of hydrogen-bond donors (Lipinski definition) is 1. The number of rotatable bonds is 5. The van der Waals surface area contributed by atoms with Crippen molar-refractivity contribution in [1.29, 1.82) is 0 Å². The molecule has 0 aliphatic heterocycles. The van der Waals surface area contributed by atoms with E-state index in [0.29, 0.717) is 32.8 Å². The van der Waals surface area contributed by atoms with Crippen LogP contribution in [0.25, 0.3) is 5.82 Å². The first-order valence-electron chi connectivity index (χ1n) is 8.33. The summed E-state index contributed by atoms with van der Waals surface area (Å²) in [5.74, 6) is -0.0629. The van der Waals surface area contributed by atoms with Crippen LogP contribution in [0.2, 0.25) is 10.0 Å². The van der Waals surface area contributed by atoms with Crippen molar-refractivity contribution in [1.82, 2.24) is 19.7 Å². The topological polar surface area (TPSA) is 80.1 Å². The van der Waals surface area contributed by atoms with E-state index in [-0.39, 0.29) is 18.4 Å². The number of carbonyl (C=O) groups is 2. The van der Waals surface area contributed by atoms with Gasteiger partial charge in [0.2, 0.25) is 5.91 Å². The Hall–Kier alpha value is -2.90. The summed E-state index contributed by atoms with van der Waals surface area (Å²) in [4.78, 5) is 30.5. The number of aromatic nitrogens is 3. The number of anilines is 1. The third kappa shape index (κ3) is 4.32. The molecule has 0 fully saturated rings. The molecular weight excluding hydrogens is 401 g/mol. The second kappa shape index (κ2) is 8.41. The minimum atomic E-state index is -0.357. The van der Waals surface area contributed by atoms with Crippen LogP contribution in [0.5, 0.6) is 0 Å². The molecule has 0 aliphatic carbocycles. The molecule has 144 valence electrons. The maximum atomic E-state index is 12.7. The molecule has 3 rings (SSSR count). The Kier molecular flexibility index (Phi) is 5.96. The Morgan fingerprint density at radius 2 is 1.96 bits per heavy atom. The van der Waals surface area contributed by atoms with Crippen molar-refractivity contribution in [3.63, 3.8) is 0 Å². The normalized spacial score (nSPS) is 10.6. The summed E-state index contributed by atoms with van der Waals surface area (Å²) in [7, 11) is 1.55. The predicted molar refractivity (Wildman–Crippen MR) is 108 cm³/mol. The van der Waals surface area contributed by atoms with Gasteiger partial charge in [-0.1, -0.05) is 29.3 Å². The van der Waals surface area contributed by atoms with Crippen LogP contribution in [0.1, 0.15) is 16.1 Å². The quantitative estimate of drug-likeness (QED) is 0.687. The third-order valence-electron chi connectivity index (χ3n) is 4.04. The van der Waals surface area contributed by atoms with Crippen LogP contribution in [0, 0.1) is 6.92 Å². The fraction of sp³-hybridized carbons (Fsp3) is 0.158. The number of pyridine rings is 1. The van der Waals surface area contributed by atoms with Gasteiger partial charge in [-0.3, -0.25) is 9.59 Å². The molecule has 0 atom stereocenters. The molecule has 7 nitrogen and oxygen atoms in total. The van der Waals surface area contributed by atoms with Crippen LogP contribution in [0.15, 0.2) is 48.8 Å². The Labute approximate surface area is 171 Å². The molecular formula is C19H17Cl2N5O2. The van der Waals surface area contributed by atoms with E-state index in [2.05, 4.69) is 15.4 Å². The van der Waals surface area contributed by atoms with Crippen LogP contribution in [-0.4, -0.2) is 45.1 Å². The molecule has 0 unspecified atom stereocenters. The molecule has 3 aromatic rings. The maximum absolute atomic E-state index is 12.7. The van der Waals surface area contributed by atoms with E-state index in [4.69, 9.17) is 23.2 Å². The van der Waals surface area contributed by atoms with E-state index in [0.717, 1.165) is 0 Å². The van der Waals surface area contributed by atoms with Crippen molar-refractivity contribution in [2.45, 2.75) is 6.92 Å². The fourth-order valence-electron chi connectivity index (χ4n) is 2.60. The minimum absolute atomic E-state index is 0.132. The van der Waals surface area contributed by atoms with Crippen molar-refractivity contribution in [2.75, 3.05) is 18.9 Å². The lowest BCUT2D eigenvalue weighted by molar-refractivity contribution is -0.116. The summed E-state index contributed by atoms with van der Waals surface area (Å²) in [6, 6.07) is 10.2. The van der Waals surface area contributed by atoms with Gasteiger partial charge in [0.05, 0.1) is 34.0 Å². The van der Waals surface area contributed by atoms with Crippen LogP contribution in [-0.2, 0) is 4.79 Å². The largest absolute Gasteiger partial charge is 0.332 e. The van der Waals surface area contributed by atoms with Crippen molar-refractivity contribution < 1.29 is 9.59 Å². The lowest BCUT2D eigenvalue weighted by atomic mass is 10.2. The molecule has 1 N–H and O–H groups in total. The highest BCUT2D eigenvalue weighted by Gasteiger charge is 2.21. The molecule has 0 spiro atoms. The standard InChI is InChI=1S/C19H17Cl2N5O2/c1-12-14(10-23-26(12)17-5-3-4-8-22-17)19(28)25(2)11-18(27)24-13-6-7-15(20)16(21)9-13/h3-10H,11H2,1-2H3,(H,24,27). The molecule has 2 heterocycles. The Morgan fingerprint density at radius 1 is 1.18 bits per heavy atom. The Balaban J connectivity index is 1.68. The van der Waals surface area contributed by atoms with E-state index in [1.807, 2.05) is 6.07 Å². The minimum Gasteiger partial charge on any atom is -0.332 e. The SMILES string of the molecule is Cc1c(C(=O)N(C)CC(=O)Nc2ccc(Cl)c(Cl)c2)cnn1-c1ccccn1. The zero-order valence-corrected chi connectivity index (χ0v) is 16.7. The molecule has 0 aliphatic rings. The van der Waals surface area contributed by atoms with Crippen LogP contribution in [0.4, 0.5) is 5.69 Å². The molecule has 2 amide bonds. The number of nitrogens with one attached hydrogen (secondary N) is 1. The number of benzene rings is 1. The van der Waals surface area contributed by atoms with Gasteiger partial charge >= 0.3 is 0 Å². The van der Waals surface area contributed by atoms with E-state index in [1.54, 1.807) is 55.2 Å². The van der Waals surface area contributed by atoms with E-state index >= 15 is 0 Å². The highest BCUT2D eigenvalue weighted by Crippen LogP contribution is 2.25. The number of amides is 2. The van der Waals surface area contributed by atoms with Crippen LogP contribution in [0.3, 0.4) is 0 Å². The Morgan fingerprint density at radius 3 is 2.64 bits per heavy atom. The molecule has 28 heavy (non-hydrogen) atoms. The van der Waals surface area contributed by atoms with Gasteiger partial charge in [0.1, 0.15) is 0 Å². The second-order valence-electron chi connectivity index (χ2n) is 6.08. The highest BCUT2D eigenvalue weighted by molar-refractivity contribution is 6.42. The first-order valence-corrected chi connectivity index (χ1v) is 9.09. The highest BCUT2D eigenvalue weighted by atomic mass is 35.5. The summed E-state index contributed by atoms with van der Waals surface area (Å²) in [5.41, 5.74) is 1.54. The maximum Gasteiger partial charge on any atom is 0.257 e. The summed E-state index contributed by atoms with van der Waals surface area (Å²) in [6.45, 7) is 1.64. The molecule has 2 aromatic heterocycles. The van der Waals surface area contributed by atoms with Gasteiger partial charge in [0.15, 0.2) is 5.82 Å². The molecule has 1 aromatic carbocycles. The molecule has 0 bridgehead atoms. The monoisotopic (exact) mass is 417 g/mol. The number of nitrogens with zero attached hydrogens (tertiary/aromatic N) is 4. The first kappa shape index (κ1) is 19.9. The van der Waals surface area contributed by atoms with Gasteiger partial charge in [-0.15, -0.1) is 0 Å².